The number of aldehydes is 1. The molecule has 1 aliphatic carbocycles. The summed E-state index contributed by atoms with van der Waals surface area (Å²) in [7, 11) is 1.52. The van der Waals surface area contributed by atoms with Gasteiger partial charge >= 0.3 is 0 Å². The molecule has 0 radical (unpaired) electrons. The third kappa shape index (κ3) is 10.4. The summed E-state index contributed by atoms with van der Waals surface area (Å²) in [4.78, 5) is 47.3. The van der Waals surface area contributed by atoms with Gasteiger partial charge in [0.25, 0.3) is 0 Å². The Balaban J connectivity index is 0.000000365. The van der Waals surface area contributed by atoms with Gasteiger partial charge in [0.05, 0.1) is 5.69 Å². The first-order valence-corrected chi connectivity index (χ1v) is 19.7. The summed E-state index contributed by atoms with van der Waals surface area (Å²) >= 11 is 0. The second-order valence-electron chi connectivity index (χ2n) is 14.6. The van der Waals surface area contributed by atoms with Crippen molar-refractivity contribution in [1.29, 1.82) is 0 Å². The summed E-state index contributed by atoms with van der Waals surface area (Å²) in [5.74, 6) is 0.457. The highest BCUT2D eigenvalue weighted by Crippen LogP contribution is 2.36. The molecule has 3 aliphatic rings. The lowest BCUT2D eigenvalue weighted by molar-refractivity contribution is -0.140. The minimum Gasteiger partial charge on any atom is -0.507 e. The molecule has 0 spiro atoms. The number of nitrogens with two attached hydrogens (primary N) is 1. The Morgan fingerprint density at radius 3 is 2.21 bits per heavy atom. The monoisotopic (exact) mass is 761 g/mol. The van der Waals surface area contributed by atoms with Gasteiger partial charge in [0, 0.05) is 47.9 Å². The van der Waals surface area contributed by atoms with E-state index in [9.17, 15) is 24.3 Å². The molecule has 1 aromatic heterocycles. The summed E-state index contributed by atoms with van der Waals surface area (Å²) < 4.78 is 0. The molecule has 3 aromatic carbocycles. The maximum atomic E-state index is 11.3. The quantitative estimate of drug-likeness (QED) is 0.106. The van der Waals surface area contributed by atoms with Crippen LogP contribution in [0, 0.1) is 6.92 Å². The topological polar surface area (TPSA) is 171 Å². The van der Waals surface area contributed by atoms with E-state index in [2.05, 4.69) is 56.1 Å². The fourth-order valence-corrected chi connectivity index (χ4v) is 7.81. The van der Waals surface area contributed by atoms with Crippen molar-refractivity contribution >= 4 is 36.0 Å². The number of rotatable bonds is 9. The molecule has 1 unspecified atom stereocenters. The first kappa shape index (κ1) is 41.5. The van der Waals surface area contributed by atoms with E-state index in [0.717, 1.165) is 60.2 Å². The lowest BCUT2D eigenvalue weighted by Gasteiger charge is -2.41. The first-order valence-electron chi connectivity index (χ1n) is 19.7. The van der Waals surface area contributed by atoms with Crippen molar-refractivity contribution in [2.75, 3.05) is 31.2 Å². The number of phenolic OH excluding ortho intramolecular Hbond substituents is 1. The molecule has 12 nitrogen and oxygen atoms in total. The summed E-state index contributed by atoms with van der Waals surface area (Å²) in [6, 6.07) is 24.5. The van der Waals surface area contributed by atoms with Gasteiger partial charge in [-0.05, 0) is 118 Å². The highest BCUT2D eigenvalue weighted by atomic mass is 16.3. The average Bonchev–Trinajstić information content (AvgIpc) is 3.23. The number of aromatic nitrogens is 2. The number of hydrogen-bond donors (Lipinski definition) is 4. The normalized spacial score (nSPS) is 20.0. The zero-order valence-corrected chi connectivity index (χ0v) is 32.9. The molecule has 296 valence electrons. The van der Waals surface area contributed by atoms with Crippen molar-refractivity contribution in [2.45, 2.75) is 96.2 Å². The van der Waals surface area contributed by atoms with E-state index in [4.69, 9.17) is 5.73 Å². The Hall–Kier alpha value is -5.62. The van der Waals surface area contributed by atoms with Crippen LogP contribution in [0.4, 0.5) is 11.5 Å². The number of phenols is 1. The molecule has 56 heavy (non-hydrogen) atoms. The maximum Gasteiger partial charge on any atom is 0.249 e. The standard InChI is InChI=1S/C35H39N5O2.C7H10N2O3.C2H6/c1-23-6-11-29(20-27(23)22-41)37-28-12-14-30(15-13-28)40-18-16-25(17-19-40)24-7-9-26(10-8-24)32-21-33(38-39-35(32)36)31-4-2-3-5-34(31)42;1-9(4-10)5-2-3-6(11)8-7(5)12;1-2/h2-11,20-22,25,28,30,37,42H,12-19H2,1H3,(H2,36,39);4-5H,2-3H2,1H3,(H,8,11,12);1-2H3. The number of aromatic hydroxyl groups is 1. The van der Waals surface area contributed by atoms with E-state index in [1.807, 2.05) is 51.1 Å². The highest BCUT2D eigenvalue weighted by molar-refractivity contribution is 6.00. The van der Waals surface area contributed by atoms with Crippen LogP contribution in [0.15, 0.2) is 72.8 Å². The number of likely N-dealkylation sites (N-methyl/N-ethyl adjacent to an activating group) is 1. The van der Waals surface area contributed by atoms with Crippen molar-refractivity contribution in [2.24, 2.45) is 0 Å². The van der Waals surface area contributed by atoms with E-state index in [0.29, 0.717) is 54.3 Å². The van der Waals surface area contributed by atoms with Crippen molar-refractivity contribution in [3.63, 3.8) is 0 Å². The first-order chi connectivity index (χ1) is 27.1. The number of para-hydroxylation sites is 1. The molecule has 3 fully saturated rings. The van der Waals surface area contributed by atoms with Gasteiger partial charge in [-0.3, -0.25) is 24.5 Å². The largest absolute Gasteiger partial charge is 0.507 e. The number of piperidine rings is 2. The summed E-state index contributed by atoms with van der Waals surface area (Å²) in [5.41, 5.74) is 13.5. The molecule has 1 saturated carbocycles. The van der Waals surface area contributed by atoms with Crippen LogP contribution in [0.5, 0.6) is 5.75 Å². The van der Waals surface area contributed by atoms with Gasteiger partial charge in [0.2, 0.25) is 18.2 Å². The van der Waals surface area contributed by atoms with Crippen molar-refractivity contribution in [1.82, 2.24) is 25.3 Å². The van der Waals surface area contributed by atoms with Crippen LogP contribution in [0.3, 0.4) is 0 Å². The molecule has 5 N–H and O–H groups in total. The number of likely N-dealkylation sites (tertiary alicyclic amines) is 1. The Bertz CT molecular complexity index is 1950. The van der Waals surface area contributed by atoms with Crippen LogP contribution >= 0.6 is 0 Å². The van der Waals surface area contributed by atoms with Crippen molar-refractivity contribution in [3.8, 4) is 28.1 Å². The van der Waals surface area contributed by atoms with E-state index in [1.54, 1.807) is 12.1 Å². The molecule has 12 heteroatoms. The molecule has 4 aromatic rings. The lowest BCUT2D eigenvalue weighted by Crippen LogP contribution is -2.50. The van der Waals surface area contributed by atoms with Gasteiger partial charge in [0.15, 0.2) is 5.82 Å². The lowest BCUT2D eigenvalue weighted by atomic mass is 9.85. The van der Waals surface area contributed by atoms with Crippen LogP contribution < -0.4 is 16.4 Å². The molecule has 1 atom stereocenters. The summed E-state index contributed by atoms with van der Waals surface area (Å²) in [6.07, 6.45) is 9.34. The SMILES string of the molecule is CC.CN(C=O)C1CCC(=O)NC1=O.Cc1ccc(NC2CCC(N3CCC(c4ccc(-c5cc(-c6ccccc6O)nnc5N)cc4)CC3)CC2)cc1C=O. The van der Waals surface area contributed by atoms with E-state index in [-0.39, 0.29) is 17.6 Å². The van der Waals surface area contributed by atoms with Gasteiger partial charge in [-0.25, -0.2) is 0 Å². The summed E-state index contributed by atoms with van der Waals surface area (Å²) in [6.45, 7) is 8.25. The van der Waals surface area contributed by atoms with Crippen LogP contribution in [0.25, 0.3) is 22.4 Å². The fourth-order valence-electron chi connectivity index (χ4n) is 7.81. The van der Waals surface area contributed by atoms with Crippen LogP contribution in [-0.2, 0) is 14.4 Å². The third-order valence-corrected chi connectivity index (χ3v) is 11.1. The number of imide groups is 1. The zero-order valence-electron chi connectivity index (χ0n) is 32.9. The fraction of sp³-hybridized carbons (Fsp3) is 0.409. The Kier molecular flexibility index (Phi) is 14.7. The maximum absolute atomic E-state index is 11.3. The van der Waals surface area contributed by atoms with Gasteiger partial charge in [0.1, 0.15) is 18.1 Å². The van der Waals surface area contributed by atoms with Gasteiger partial charge in [-0.1, -0.05) is 56.3 Å². The number of anilines is 2. The Labute approximate surface area is 329 Å². The molecule has 0 bridgehead atoms. The van der Waals surface area contributed by atoms with Crippen LogP contribution in [0.2, 0.25) is 0 Å². The zero-order chi connectivity index (χ0) is 40.2. The number of aryl methyl sites for hydroxylation is 1. The number of nitrogens with one attached hydrogen (secondary N) is 2. The van der Waals surface area contributed by atoms with Crippen LogP contribution in [0.1, 0.15) is 92.6 Å². The second-order valence-corrected chi connectivity index (χ2v) is 14.6. The van der Waals surface area contributed by atoms with Gasteiger partial charge in [-0.2, -0.15) is 0 Å². The molecular weight excluding hydrogens is 707 g/mol. The number of nitrogens with zero attached hydrogens (tertiary/aromatic N) is 4. The molecule has 7 rings (SSSR count). The predicted molar refractivity (Wildman–Crippen MR) is 220 cm³/mol. The van der Waals surface area contributed by atoms with Crippen LogP contribution in [-0.4, -0.2) is 87.9 Å². The number of carbonyl (C=O) groups excluding carboxylic acids is 4. The number of benzene rings is 3. The minimum atomic E-state index is -0.486. The van der Waals surface area contributed by atoms with E-state index >= 15 is 0 Å². The molecule has 3 heterocycles. The molecule has 2 saturated heterocycles. The summed E-state index contributed by atoms with van der Waals surface area (Å²) in [5, 5.41) is 24.5. The number of hydrogen-bond acceptors (Lipinski definition) is 10. The molecule has 3 amide bonds. The molecule has 2 aliphatic heterocycles. The Morgan fingerprint density at radius 1 is 0.875 bits per heavy atom. The van der Waals surface area contributed by atoms with Crippen molar-refractivity contribution in [3.05, 3.63) is 89.5 Å². The second kappa shape index (κ2) is 19.8. The van der Waals surface area contributed by atoms with Gasteiger partial charge < -0.3 is 26.0 Å². The smallest absolute Gasteiger partial charge is 0.249 e. The number of nitrogen functional groups attached to an aromatic ring is 1. The van der Waals surface area contributed by atoms with Gasteiger partial charge in [-0.15, -0.1) is 10.2 Å². The Morgan fingerprint density at radius 2 is 1.57 bits per heavy atom. The predicted octanol–water partition coefficient (Wildman–Crippen LogP) is 6.73. The highest BCUT2D eigenvalue weighted by Gasteiger charge is 2.30. The molecular formula is C44H55N7O5. The van der Waals surface area contributed by atoms with E-state index < -0.39 is 6.04 Å². The minimum absolute atomic E-state index is 0.172. The van der Waals surface area contributed by atoms with E-state index in [1.165, 1.54) is 43.2 Å². The third-order valence-electron chi connectivity index (χ3n) is 11.1. The number of carbonyl (C=O) groups is 4. The number of amides is 3. The van der Waals surface area contributed by atoms with Crippen molar-refractivity contribution < 1.29 is 24.3 Å². The average molecular weight is 762 g/mol.